The van der Waals surface area contributed by atoms with Gasteiger partial charge in [0.05, 0.1) is 18.3 Å². The van der Waals surface area contributed by atoms with Gasteiger partial charge in [-0.25, -0.2) is 4.68 Å². The number of benzene rings is 1. The van der Waals surface area contributed by atoms with Crippen LogP contribution in [0.5, 0.6) is 5.75 Å². The third kappa shape index (κ3) is 3.56. The molecular formula is C19H25N5O2. The lowest BCUT2D eigenvalue weighted by Crippen LogP contribution is -2.24. The molecule has 0 bridgehead atoms. The molecule has 0 aliphatic heterocycles. The fourth-order valence-electron chi connectivity index (χ4n) is 2.84. The number of ether oxygens (including phenoxy) is 1. The second kappa shape index (κ2) is 6.82. The number of para-hydroxylation sites is 1. The Morgan fingerprint density at radius 1 is 1.23 bits per heavy atom. The number of aromatic nitrogens is 4. The molecule has 0 spiro atoms. The molecule has 0 aliphatic rings. The normalized spacial score (nSPS) is 11.7. The largest absolute Gasteiger partial charge is 0.491 e. The predicted molar refractivity (Wildman–Crippen MR) is 103 cm³/mol. The van der Waals surface area contributed by atoms with Crippen LogP contribution in [0, 0.1) is 13.8 Å². The van der Waals surface area contributed by atoms with Crippen LogP contribution in [-0.2, 0) is 5.54 Å². The predicted octanol–water partition coefficient (Wildman–Crippen LogP) is 2.98. The van der Waals surface area contributed by atoms with Gasteiger partial charge in [-0.15, -0.1) is 0 Å². The Balaban J connectivity index is 1.72. The summed E-state index contributed by atoms with van der Waals surface area (Å²) in [5, 5.41) is 7.91. The van der Waals surface area contributed by atoms with E-state index >= 15 is 0 Å². The third-order valence-electron chi connectivity index (χ3n) is 4.12. The SMILES string of the molecule is Cc1cccc(C)c1OCCNc1nc2c(cnn2C(C)(C)C)c(=O)[nH]1. The Morgan fingerprint density at radius 2 is 1.92 bits per heavy atom. The number of aryl methyl sites for hydroxylation is 2. The first-order chi connectivity index (χ1) is 12.3. The second-order valence-electron chi connectivity index (χ2n) is 7.38. The van der Waals surface area contributed by atoms with Gasteiger partial charge in [0.25, 0.3) is 5.56 Å². The van der Waals surface area contributed by atoms with E-state index in [1.807, 2.05) is 52.8 Å². The van der Waals surface area contributed by atoms with Gasteiger partial charge in [0.15, 0.2) is 5.65 Å². The molecule has 0 atom stereocenters. The maximum Gasteiger partial charge on any atom is 0.263 e. The van der Waals surface area contributed by atoms with Crippen LogP contribution in [0.2, 0.25) is 0 Å². The highest BCUT2D eigenvalue weighted by atomic mass is 16.5. The Morgan fingerprint density at radius 3 is 2.58 bits per heavy atom. The summed E-state index contributed by atoms with van der Waals surface area (Å²) < 4.78 is 7.63. The molecule has 0 amide bonds. The van der Waals surface area contributed by atoms with Crippen LogP contribution in [0.25, 0.3) is 11.0 Å². The second-order valence-corrected chi connectivity index (χ2v) is 7.38. The Hall–Kier alpha value is -2.83. The molecule has 0 unspecified atom stereocenters. The lowest BCUT2D eigenvalue weighted by molar-refractivity contribution is 0.328. The van der Waals surface area contributed by atoms with E-state index in [0.717, 1.165) is 16.9 Å². The fraction of sp³-hybridized carbons (Fsp3) is 0.421. The molecule has 26 heavy (non-hydrogen) atoms. The van der Waals surface area contributed by atoms with Gasteiger partial charge >= 0.3 is 0 Å². The summed E-state index contributed by atoms with van der Waals surface area (Å²) in [4.78, 5) is 19.5. The highest BCUT2D eigenvalue weighted by Crippen LogP contribution is 2.22. The van der Waals surface area contributed by atoms with Gasteiger partial charge < -0.3 is 10.1 Å². The van der Waals surface area contributed by atoms with Crippen molar-refractivity contribution in [2.75, 3.05) is 18.5 Å². The molecule has 7 nitrogen and oxygen atoms in total. The number of fused-ring (bicyclic) bond motifs is 1. The minimum atomic E-state index is -0.259. The van der Waals surface area contributed by atoms with Crippen molar-refractivity contribution in [2.24, 2.45) is 0 Å². The first-order valence-electron chi connectivity index (χ1n) is 8.69. The van der Waals surface area contributed by atoms with Crippen LogP contribution >= 0.6 is 0 Å². The van der Waals surface area contributed by atoms with E-state index in [4.69, 9.17) is 4.74 Å². The summed E-state index contributed by atoms with van der Waals surface area (Å²) in [5.41, 5.74) is 2.31. The molecule has 2 heterocycles. The Kier molecular flexibility index (Phi) is 4.71. The molecule has 138 valence electrons. The van der Waals surface area contributed by atoms with E-state index in [1.54, 1.807) is 10.9 Å². The lowest BCUT2D eigenvalue weighted by atomic mass is 10.1. The number of H-pyrrole nitrogens is 1. The van der Waals surface area contributed by atoms with Gasteiger partial charge in [0, 0.05) is 0 Å². The van der Waals surface area contributed by atoms with Crippen molar-refractivity contribution in [3.05, 3.63) is 45.9 Å². The average Bonchev–Trinajstić information content (AvgIpc) is 2.98. The number of nitrogens with one attached hydrogen (secondary N) is 2. The van der Waals surface area contributed by atoms with Crippen LogP contribution in [0.3, 0.4) is 0 Å². The van der Waals surface area contributed by atoms with Crippen molar-refractivity contribution in [1.82, 2.24) is 19.7 Å². The summed E-state index contributed by atoms with van der Waals surface area (Å²) in [6, 6.07) is 6.06. The van der Waals surface area contributed by atoms with Crippen molar-refractivity contribution >= 4 is 17.0 Å². The van der Waals surface area contributed by atoms with Crippen LogP contribution < -0.4 is 15.6 Å². The van der Waals surface area contributed by atoms with E-state index in [0.29, 0.717) is 30.1 Å². The molecule has 0 radical (unpaired) electrons. The molecule has 0 aliphatic carbocycles. The maximum atomic E-state index is 12.3. The molecular weight excluding hydrogens is 330 g/mol. The topological polar surface area (TPSA) is 84.8 Å². The van der Waals surface area contributed by atoms with Crippen molar-refractivity contribution in [2.45, 2.75) is 40.2 Å². The molecule has 0 fully saturated rings. The van der Waals surface area contributed by atoms with Crippen LogP contribution in [0.15, 0.2) is 29.2 Å². The smallest absolute Gasteiger partial charge is 0.263 e. The maximum absolute atomic E-state index is 12.3. The van der Waals surface area contributed by atoms with E-state index in [2.05, 4.69) is 20.4 Å². The number of nitrogens with zero attached hydrogens (tertiary/aromatic N) is 3. The number of anilines is 1. The van der Waals surface area contributed by atoms with Crippen molar-refractivity contribution < 1.29 is 4.74 Å². The van der Waals surface area contributed by atoms with E-state index < -0.39 is 0 Å². The summed E-state index contributed by atoms with van der Waals surface area (Å²) in [6.07, 6.45) is 1.56. The van der Waals surface area contributed by atoms with Gasteiger partial charge in [0.1, 0.15) is 17.7 Å². The number of aromatic amines is 1. The number of hydrogen-bond acceptors (Lipinski definition) is 5. The van der Waals surface area contributed by atoms with Gasteiger partial charge in [0.2, 0.25) is 5.95 Å². The first-order valence-corrected chi connectivity index (χ1v) is 8.69. The molecule has 2 N–H and O–H groups in total. The summed E-state index contributed by atoms with van der Waals surface area (Å²) in [6.45, 7) is 11.1. The van der Waals surface area contributed by atoms with Gasteiger partial charge in [-0.05, 0) is 45.7 Å². The molecule has 0 saturated carbocycles. The third-order valence-corrected chi connectivity index (χ3v) is 4.12. The van der Waals surface area contributed by atoms with Gasteiger partial charge in [-0.2, -0.15) is 10.1 Å². The summed E-state index contributed by atoms with van der Waals surface area (Å²) >= 11 is 0. The average molecular weight is 355 g/mol. The van der Waals surface area contributed by atoms with Gasteiger partial charge in [-0.3, -0.25) is 9.78 Å². The van der Waals surface area contributed by atoms with Crippen LogP contribution in [-0.4, -0.2) is 32.9 Å². The van der Waals surface area contributed by atoms with Crippen molar-refractivity contribution in [3.8, 4) is 5.75 Å². The van der Waals surface area contributed by atoms with Crippen molar-refractivity contribution in [3.63, 3.8) is 0 Å². The lowest BCUT2D eigenvalue weighted by Gasteiger charge is -2.19. The van der Waals surface area contributed by atoms with Gasteiger partial charge in [-0.1, -0.05) is 18.2 Å². The van der Waals surface area contributed by atoms with E-state index in [9.17, 15) is 4.79 Å². The minimum Gasteiger partial charge on any atom is -0.491 e. The number of hydrogen-bond donors (Lipinski definition) is 2. The number of rotatable bonds is 5. The Labute approximate surface area is 152 Å². The van der Waals surface area contributed by atoms with E-state index in [-0.39, 0.29) is 11.1 Å². The zero-order valence-corrected chi connectivity index (χ0v) is 15.9. The molecule has 3 rings (SSSR count). The quantitative estimate of drug-likeness (QED) is 0.687. The standard InChI is InChI=1S/C19H25N5O2/c1-12-7-6-8-13(2)15(12)26-10-9-20-18-22-16-14(17(25)23-18)11-21-24(16)19(3,4)5/h6-8,11H,9-10H2,1-5H3,(H2,20,22,23,25). The summed E-state index contributed by atoms with van der Waals surface area (Å²) in [7, 11) is 0. The monoisotopic (exact) mass is 355 g/mol. The fourth-order valence-corrected chi connectivity index (χ4v) is 2.84. The molecule has 2 aromatic heterocycles. The van der Waals surface area contributed by atoms with E-state index in [1.165, 1.54) is 0 Å². The zero-order chi connectivity index (χ0) is 18.9. The van der Waals surface area contributed by atoms with Crippen LogP contribution in [0.1, 0.15) is 31.9 Å². The van der Waals surface area contributed by atoms with Crippen molar-refractivity contribution in [1.29, 1.82) is 0 Å². The molecule has 3 aromatic rings. The summed E-state index contributed by atoms with van der Waals surface area (Å²) in [5.74, 6) is 1.32. The highest BCUT2D eigenvalue weighted by Gasteiger charge is 2.19. The zero-order valence-electron chi connectivity index (χ0n) is 15.9. The molecule has 0 saturated heterocycles. The molecule has 7 heteroatoms. The molecule has 1 aromatic carbocycles. The highest BCUT2D eigenvalue weighted by molar-refractivity contribution is 5.74. The first kappa shape index (κ1) is 18.0. The Bertz CT molecular complexity index is 961. The minimum absolute atomic E-state index is 0.205. The van der Waals surface area contributed by atoms with Crippen LogP contribution in [0.4, 0.5) is 5.95 Å².